The number of aromatic nitrogens is 4. The standard InChI is InChI=1S/C17H10FN5/c18-13-2-4-14(5-3-13)23-10-12(9-20-23)17-21-15-6-1-11(8-19)7-16(15)22-17/h1-7,9-10H,(H,21,22). The van der Waals surface area contributed by atoms with E-state index >= 15 is 0 Å². The minimum atomic E-state index is -0.285. The third-order valence-corrected chi connectivity index (χ3v) is 3.56. The Morgan fingerprint density at radius 1 is 1.13 bits per heavy atom. The van der Waals surface area contributed by atoms with Crippen LogP contribution >= 0.6 is 0 Å². The fourth-order valence-corrected chi connectivity index (χ4v) is 2.40. The fourth-order valence-electron chi connectivity index (χ4n) is 2.40. The highest BCUT2D eigenvalue weighted by molar-refractivity contribution is 5.80. The van der Waals surface area contributed by atoms with Gasteiger partial charge in [0.15, 0.2) is 0 Å². The van der Waals surface area contributed by atoms with Gasteiger partial charge < -0.3 is 4.98 Å². The molecule has 2 aromatic carbocycles. The van der Waals surface area contributed by atoms with Gasteiger partial charge in [0.25, 0.3) is 0 Å². The summed E-state index contributed by atoms with van der Waals surface area (Å²) in [5.74, 6) is 0.384. The van der Waals surface area contributed by atoms with E-state index in [0.29, 0.717) is 11.4 Å². The minimum absolute atomic E-state index is 0.285. The molecule has 0 fully saturated rings. The Balaban J connectivity index is 1.74. The van der Waals surface area contributed by atoms with Gasteiger partial charge in [-0.2, -0.15) is 10.4 Å². The molecule has 0 saturated heterocycles. The molecular weight excluding hydrogens is 293 g/mol. The maximum absolute atomic E-state index is 13.0. The van der Waals surface area contributed by atoms with Crippen LogP contribution in [0.5, 0.6) is 0 Å². The van der Waals surface area contributed by atoms with Crippen molar-refractivity contribution in [3.05, 3.63) is 66.2 Å². The van der Waals surface area contributed by atoms with Crippen molar-refractivity contribution in [1.29, 1.82) is 5.26 Å². The van der Waals surface area contributed by atoms with Crippen LogP contribution in [0, 0.1) is 17.1 Å². The zero-order chi connectivity index (χ0) is 15.8. The van der Waals surface area contributed by atoms with Gasteiger partial charge in [0, 0.05) is 6.20 Å². The van der Waals surface area contributed by atoms with Crippen molar-refractivity contribution < 1.29 is 4.39 Å². The predicted octanol–water partition coefficient (Wildman–Crippen LogP) is 3.43. The number of aromatic amines is 1. The molecule has 0 spiro atoms. The van der Waals surface area contributed by atoms with Gasteiger partial charge in [-0.05, 0) is 42.5 Å². The summed E-state index contributed by atoms with van der Waals surface area (Å²) >= 11 is 0. The zero-order valence-corrected chi connectivity index (χ0v) is 11.9. The molecule has 1 N–H and O–H groups in total. The maximum Gasteiger partial charge on any atom is 0.141 e. The Hall–Kier alpha value is -3.46. The number of hydrogen-bond acceptors (Lipinski definition) is 3. The maximum atomic E-state index is 13.0. The summed E-state index contributed by atoms with van der Waals surface area (Å²) in [6.45, 7) is 0. The Kier molecular flexibility index (Phi) is 2.91. The topological polar surface area (TPSA) is 70.3 Å². The van der Waals surface area contributed by atoms with E-state index in [4.69, 9.17) is 5.26 Å². The van der Waals surface area contributed by atoms with Gasteiger partial charge in [-0.1, -0.05) is 0 Å². The number of H-pyrrole nitrogens is 1. The van der Waals surface area contributed by atoms with Crippen molar-refractivity contribution >= 4 is 11.0 Å². The molecule has 2 aromatic heterocycles. The molecule has 0 unspecified atom stereocenters. The van der Waals surface area contributed by atoms with E-state index in [9.17, 15) is 4.39 Å². The van der Waals surface area contributed by atoms with Gasteiger partial charge in [0.2, 0.25) is 0 Å². The Labute approximate surface area is 130 Å². The summed E-state index contributed by atoms with van der Waals surface area (Å²) in [7, 11) is 0. The van der Waals surface area contributed by atoms with E-state index in [1.54, 1.807) is 41.2 Å². The summed E-state index contributed by atoms with van der Waals surface area (Å²) in [6, 6.07) is 13.5. The van der Waals surface area contributed by atoms with Gasteiger partial charge in [-0.25, -0.2) is 14.1 Å². The number of hydrogen-bond donors (Lipinski definition) is 1. The molecule has 110 valence electrons. The van der Waals surface area contributed by atoms with Gasteiger partial charge in [-0.3, -0.25) is 0 Å². The number of nitrogens with one attached hydrogen (secondary N) is 1. The van der Waals surface area contributed by atoms with E-state index in [1.165, 1.54) is 12.1 Å². The molecule has 5 nitrogen and oxygen atoms in total. The lowest BCUT2D eigenvalue weighted by Gasteiger charge is -1.99. The largest absolute Gasteiger partial charge is 0.338 e. The van der Waals surface area contributed by atoms with E-state index in [-0.39, 0.29) is 5.82 Å². The molecule has 0 bridgehead atoms. The minimum Gasteiger partial charge on any atom is -0.338 e. The molecule has 0 aliphatic rings. The number of imidazole rings is 1. The van der Waals surface area contributed by atoms with E-state index in [0.717, 1.165) is 22.3 Å². The number of rotatable bonds is 2. The van der Waals surface area contributed by atoms with Gasteiger partial charge in [0.05, 0.1) is 40.1 Å². The first-order chi connectivity index (χ1) is 11.2. The summed E-state index contributed by atoms with van der Waals surface area (Å²) in [5.41, 5.74) is 3.74. The van der Waals surface area contributed by atoms with Crippen LogP contribution in [0.4, 0.5) is 4.39 Å². The third kappa shape index (κ3) is 2.34. The average Bonchev–Trinajstić information content (AvgIpc) is 3.21. The van der Waals surface area contributed by atoms with Crippen LogP contribution in [0.1, 0.15) is 5.56 Å². The van der Waals surface area contributed by atoms with Crippen molar-refractivity contribution in [1.82, 2.24) is 19.7 Å². The summed E-state index contributed by atoms with van der Waals surface area (Å²) in [4.78, 5) is 7.69. The van der Waals surface area contributed by atoms with Crippen LogP contribution in [-0.2, 0) is 0 Å². The second kappa shape index (κ2) is 5.07. The Morgan fingerprint density at radius 2 is 1.96 bits per heavy atom. The molecule has 0 aliphatic carbocycles. The highest BCUT2D eigenvalue weighted by Crippen LogP contribution is 2.22. The Morgan fingerprint density at radius 3 is 2.74 bits per heavy atom. The molecule has 0 saturated carbocycles. The average molecular weight is 303 g/mol. The van der Waals surface area contributed by atoms with E-state index in [1.807, 2.05) is 6.20 Å². The molecule has 0 radical (unpaired) electrons. The third-order valence-electron chi connectivity index (χ3n) is 3.56. The number of nitrogens with zero attached hydrogens (tertiary/aromatic N) is 4. The molecule has 4 aromatic rings. The fraction of sp³-hybridized carbons (Fsp3) is 0. The monoisotopic (exact) mass is 303 g/mol. The number of fused-ring (bicyclic) bond motifs is 1. The predicted molar refractivity (Wildman–Crippen MR) is 83.3 cm³/mol. The summed E-state index contributed by atoms with van der Waals surface area (Å²) in [5, 5.41) is 13.2. The van der Waals surface area contributed by atoms with Crippen LogP contribution in [0.2, 0.25) is 0 Å². The first-order valence-corrected chi connectivity index (χ1v) is 6.94. The summed E-state index contributed by atoms with van der Waals surface area (Å²) < 4.78 is 14.6. The lowest BCUT2D eigenvalue weighted by molar-refractivity contribution is 0.627. The number of nitriles is 1. The lowest BCUT2D eigenvalue weighted by atomic mass is 10.2. The van der Waals surface area contributed by atoms with Gasteiger partial charge in [0.1, 0.15) is 11.6 Å². The van der Waals surface area contributed by atoms with Crippen molar-refractivity contribution in [2.75, 3.05) is 0 Å². The molecule has 0 atom stereocenters. The van der Waals surface area contributed by atoms with Crippen molar-refractivity contribution in [3.8, 4) is 23.1 Å². The first-order valence-electron chi connectivity index (χ1n) is 6.94. The second-order valence-corrected chi connectivity index (χ2v) is 5.08. The summed E-state index contributed by atoms with van der Waals surface area (Å²) in [6.07, 6.45) is 3.50. The normalized spacial score (nSPS) is 10.8. The number of benzene rings is 2. The molecule has 0 amide bonds. The van der Waals surface area contributed by atoms with Crippen molar-refractivity contribution in [2.24, 2.45) is 0 Å². The number of halogens is 1. The highest BCUT2D eigenvalue weighted by Gasteiger charge is 2.09. The Bertz CT molecular complexity index is 1040. The van der Waals surface area contributed by atoms with Gasteiger partial charge in [-0.15, -0.1) is 0 Å². The zero-order valence-electron chi connectivity index (χ0n) is 11.9. The molecule has 6 heteroatoms. The van der Waals surface area contributed by atoms with Crippen LogP contribution in [0.25, 0.3) is 28.1 Å². The van der Waals surface area contributed by atoms with E-state index in [2.05, 4.69) is 21.1 Å². The van der Waals surface area contributed by atoms with Crippen LogP contribution in [-0.4, -0.2) is 19.7 Å². The van der Waals surface area contributed by atoms with Crippen molar-refractivity contribution in [3.63, 3.8) is 0 Å². The van der Waals surface area contributed by atoms with Crippen LogP contribution in [0.15, 0.2) is 54.9 Å². The molecule has 4 rings (SSSR count). The first kappa shape index (κ1) is 13.2. The molecule has 0 aliphatic heterocycles. The highest BCUT2D eigenvalue weighted by atomic mass is 19.1. The van der Waals surface area contributed by atoms with Crippen molar-refractivity contribution in [2.45, 2.75) is 0 Å². The van der Waals surface area contributed by atoms with Crippen LogP contribution in [0.3, 0.4) is 0 Å². The smallest absolute Gasteiger partial charge is 0.141 e. The molecule has 2 heterocycles. The quantitative estimate of drug-likeness (QED) is 0.616. The van der Waals surface area contributed by atoms with Gasteiger partial charge >= 0.3 is 0 Å². The molecule has 23 heavy (non-hydrogen) atoms. The lowest BCUT2D eigenvalue weighted by Crippen LogP contribution is -1.93. The second-order valence-electron chi connectivity index (χ2n) is 5.08. The SMILES string of the molecule is N#Cc1ccc2nc(-c3cnn(-c4ccc(F)cc4)c3)[nH]c2c1. The van der Waals surface area contributed by atoms with Crippen LogP contribution < -0.4 is 0 Å². The van der Waals surface area contributed by atoms with E-state index < -0.39 is 0 Å². The molecular formula is C17H10FN5.